The molecule has 0 spiro atoms. The molecule has 0 aromatic rings. The second-order valence-corrected chi connectivity index (χ2v) is 16.4. The van der Waals surface area contributed by atoms with Crippen LogP contribution in [0.2, 0.25) is 0 Å². The average Bonchev–Trinajstić information content (AvgIpc) is 3.53. The molecular formula is C42H62O6. The number of ketones is 1. The van der Waals surface area contributed by atoms with Crippen molar-refractivity contribution in [3.63, 3.8) is 0 Å². The fraction of sp³-hybridized carbons (Fsp3) is 0.619. The van der Waals surface area contributed by atoms with Crippen molar-refractivity contribution >= 4 is 11.8 Å². The van der Waals surface area contributed by atoms with Crippen molar-refractivity contribution in [2.24, 2.45) is 10.8 Å². The Morgan fingerprint density at radius 2 is 1.54 bits per heavy atom. The summed E-state index contributed by atoms with van der Waals surface area (Å²) < 4.78 is 11.6. The van der Waals surface area contributed by atoms with Gasteiger partial charge in [0, 0.05) is 26.2 Å². The number of carbonyl (C=O) groups is 2. The highest BCUT2D eigenvalue weighted by Gasteiger charge is 2.76. The minimum absolute atomic E-state index is 0.0917. The first-order valence-corrected chi connectivity index (χ1v) is 17.7. The Morgan fingerprint density at radius 1 is 0.875 bits per heavy atom. The zero-order chi connectivity index (χ0) is 36.1. The lowest BCUT2D eigenvalue weighted by Gasteiger charge is -2.46. The molecule has 2 aliphatic carbocycles. The summed E-state index contributed by atoms with van der Waals surface area (Å²) in [6, 6.07) is 0. The van der Waals surface area contributed by atoms with E-state index in [1.165, 1.54) is 18.1 Å². The predicted molar refractivity (Wildman–Crippen MR) is 195 cm³/mol. The molecule has 2 saturated carbocycles. The number of esters is 1. The Kier molecular flexibility index (Phi) is 12.7. The van der Waals surface area contributed by atoms with Gasteiger partial charge in [0.05, 0.1) is 17.3 Å². The van der Waals surface area contributed by atoms with E-state index < -0.39 is 16.8 Å². The average molecular weight is 663 g/mol. The highest BCUT2D eigenvalue weighted by molar-refractivity contribution is 5.96. The summed E-state index contributed by atoms with van der Waals surface area (Å²) >= 11 is 0. The lowest BCUT2D eigenvalue weighted by molar-refractivity contribution is -0.152. The Balaban J connectivity index is 1.46. The van der Waals surface area contributed by atoms with Crippen LogP contribution in [-0.4, -0.2) is 51.0 Å². The molecule has 0 radical (unpaired) electrons. The molecule has 3 fully saturated rings. The molecule has 3 rings (SSSR count). The van der Waals surface area contributed by atoms with E-state index in [9.17, 15) is 19.8 Å². The van der Waals surface area contributed by atoms with Gasteiger partial charge in [0.15, 0.2) is 5.78 Å². The third-order valence-corrected chi connectivity index (χ3v) is 10.7. The van der Waals surface area contributed by atoms with Crippen molar-refractivity contribution in [1.82, 2.24) is 0 Å². The van der Waals surface area contributed by atoms with Gasteiger partial charge >= 0.3 is 5.97 Å². The number of carbonyl (C=O) groups excluding carboxylic acids is 2. The number of hydrogen-bond donors (Lipinski definition) is 2. The van der Waals surface area contributed by atoms with E-state index in [0.717, 1.165) is 30.4 Å². The van der Waals surface area contributed by atoms with Gasteiger partial charge in [0.25, 0.3) is 0 Å². The van der Waals surface area contributed by atoms with E-state index >= 15 is 0 Å². The molecule has 6 nitrogen and oxygen atoms in total. The third kappa shape index (κ3) is 9.89. The van der Waals surface area contributed by atoms with Crippen LogP contribution in [0.25, 0.3) is 0 Å². The quantitative estimate of drug-likeness (QED) is 0.0671. The first kappa shape index (κ1) is 39.6. The molecule has 1 heterocycles. The van der Waals surface area contributed by atoms with Crippen LogP contribution in [-0.2, 0) is 19.1 Å². The summed E-state index contributed by atoms with van der Waals surface area (Å²) in [6.07, 6.45) is 23.3. The molecule has 0 bridgehead atoms. The fourth-order valence-corrected chi connectivity index (χ4v) is 8.27. The second kappa shape index (κ2) is 15.4. The smallest absolute Gasteiger partial charge is 0.302 e. The molecule has 6 heteroatoms. The van der Waals surface area contributed by atoms with Gasteiger partial charge in [0.2, 0.25) is 0 Å². The van der Waals surface area contributed by atoms with Gasteiger partial charge in [-0.1, -0.05) is 99.1 Å². The van der Waals surface area contributed by atoms with Crippen LogP contribution in [0.3, 0.4) is 0 Å². The highest BCUT2D eigenvalue weighted by Crippen LogP contribution is 2.67. The summed E-state index contributed by atoms with van der Waals surface area (Å²) in [5, 5.41) is 21.5. The summed E-state index contributed by atoms with van der Waals surface area (Å²) in [5.41, 5.74) is 2.95. The van der Waals surface area contributed by atoms with Crippen LogP contribution in [0.4, 0.5) is 0 Å². The van der Waals surface area contributed by atoms with Crippen LogP contribution < -0.4 is 0 Å². The molecule has 1 aliphatic heterocycles. The maximum Gasteiger partial charge on any atom is 0.302 e. The maximum absolute atomic E-state index is 13.1. The summed E-state index contributed by atoms with van der Waals surface area (Å²) in [4.78, 5) is 24.6. The Bertz CT molecular complexity index is 1410. The Labute approximate surface area is 290 Å². The standard InChI is InChI=1S/C42H62O6/c1-29(18-14-19-31(3)22-23-37-38(6,7)26-35(47-33(5)43)27-40(37,10)46)16-12-13-17-30(2)20-15-21-32(4)36(45)28-42-39(8,9)24-34(44)25-41(42,11)48-42/h12-13,15-17,19-21,23,34-35,44,46H,14,18,22,24-28H2,1-11H3/b13-12+,20-15+,29-16+,30-17+,31-19+,32-21+,37-23?/t34-,35-,40+,41+,42-/m0/s1. The molecule has 266 valence electrons. The van der Waals surface area contributed by atoms with Gasteiger partial charge in [-0.3, -0.25) is 9.59 Å². The number of fused-ring (bicyclic) bond motifs is 1. The minimum Gasteiger partial charge on any atom is -0.462 e. The molecule has 2 N–H and O–H groups in total. The molecule has 5 atom stereocenters. The molecular weight excluding hydrogens is 600 g/mol. The van der Waals surface area contributed by atoms with Gasteiger partial charge in [-0.05, 0) is 95.6 Å². The number of ether oxygens (including phenoxy) is 2. The zero-order valence-electron chi connectivity index (χ0n) is 31.5. The molecule has 3 aliphatic rings. The van der Waals surface area contributed by atoms with Gasteiger partial charge in [0.1, 0.15) is 11.7 Å². The highest BCUT2D eigenvalue weighted by atomic mass is 16.6. The monoisotopic (exact) mass is 662 g/mol. The van der Waals surface area contributed by atoms with Crippen molar-refractivity contribution in [3.8, 4) is 0 Å². The number of epoxide rings is 1. The number of Topliss-reactive ketones (excluding diaryl/α,β-unsaturated/α-hetero) is 1. The lowest BCUT2D eigenvalue weighted by atomic mass is 9.61. The summed E-state index contributed by atoms with van der Waals surface area (Å²) in [7, 11) is 0. The van der Waals surface area contributed by atoms with E-state index in [4.69, 9.17) is 9.47 Å². The lowest BCUT2D eigenvalue weighted by Crippen LogP contribution is -2.48. The molecule has 1 saturated heterocycles. The summed E-state index contributed by atoms with van der Waals surface area (Å²) in [6.45, 7) is 21.9. The number of allylic oxidation sites excluding steroid dienone is 13. The number of hydrogen-bond acceptors (Lipinski definition) is 6. The molecule has 0 amide bonds. The molecule has 48 heavy (non-hydrogen) atoms. The van der Waals surface area contributed by atoms with E-state index in [-0.39, 0.29) is 34.8 Å². The van der Waals surface area contributed by atoms with Gasteiger partial charge < -0.3 is 19.7 Å². The normalized spacial score (nSPS) is 33.3. The van der Waals surface area contributed by atoms with Crippen LogP contribution in [0.1, 0.15) is 128 Å². The van der Waals surface area contributed by atoms with E-state index in [0.29, 0.717) is 37.7 Å². The SMILES string of the molecule is CC(=O)O[C@H]1CC(C)(C)C(=CC/C(C)=C/CC/C(C)=C/C=C/C=C(C)/C=C/C=C(\C)C(=O)C[C@@]23O[C@]2(C)C[C@@H](O)CC3(C)C)[C@](C)(O)C1. The first-order valence-electron chi connectivity index (χ1n) is 17.7. The summed E-state index contributed by atoms with van der Waals surface area (Å²) in [5.74, 6) is -0.209. The fourth-order valence-electron chi connectivity index (χ4n) is 8.27. The molecule has 0 aromatic heterocycles. The van der Waals surface area contributed by atoms with Crippen LogP contribution in [0.5, 0.6) is 0 Å². The van der Waals surface area contributed by atoms with Gasteiger partial charge in [-0.2, -0.15) is 0 Å². The molecule has 0 aromatic carbocycles. The van der Waals surface area contributed by atoms with Crippen molar-refractivity contribution in [1.29, 1.82) is 0 Å². The van der Waals surface area contributed by atoms with Crippen molar-refractivity contribution in [3.05, 3.63) is 82.5 Å². The number of rotatable bonds is 13. The van der Waals surface area contributed by atoms with Crippen LogP contribution >= 0.6 is 0 Å². The van der Waals surface area contributed by atoms with Crippen molar-refractivity contribution in [2.75, 3.05) is 0 Å². The second-order valence-electron chi connectivity index (χ2n) is 16.4. The van der Waals surface area contributed by atoms with E-state index in [2.05, 4.69) is 71.9 Å². The van der Waals surface area contributed by atoms with Crippen molar-refractivity contribution in [2.45, 2.75) is 157 Å². The third-order valence-electron chi connectivity index (χ3n) is 10.7. The maximum atomic E-state index is 13.1. The zero-order valence-corrected chi connectivity index (χ0v) is 31.5. The topological polar surface area (TPSA) is 96.4 Å². The van der Waals surface area contributed by atoms with E-state index in [1.54, 1.807) is 0 Å². The van der Waals surface area contributed by atoms with Gasteiger partial charge in [-0.15, -0.1) is 0 Å². The van der Waals surface area contributed by atoms with E-state index in [1.807, 2.05) is 52.0 Å². The van der Waals surface area contributed by atoms with Crippen LogP contribution in [0, 0.1) is 10.8 Å². The number of aliphatic hydroxyl groups excluding tert-OH is 1. The van der Waals surface area contributed by atoms with Gasteiger partial charge in [-0.25, -0.2) is 0 Å². The number of aliphatic hydroxyl groups is 2. The largest absolute Gasteiger partial charge is 0.462 e. The molecule has 0 unspecified atom stereocenters. The Morgan fingerprint density at radius 3 is 2.17 bits per heavy atom. The van der Waals surface area contributed by atoms with Crippen LogP contribution in [0.15, 0.2) is 82.5 Å². The minimum atomic E-state index is -1.00. The Hall–Kier alpha value is -2.80. The predicted octanol–water partition coefficient (Wildman–Crippen LogP) is 9.15. The van der Waals surface area contributed by atoms with Crippen molar-refractivity contribution < 1.29 is 29.3 Å². The first-order chi connectivity index (χ1) is 22.1.